The molecule has 116 valence electrons. The Bertz CT molecular complexity index is 657. The van der Waals surface area contributed by atoms with E-state index in [2.05, 4.69) is 33.4 Å². The Kier molecular flexibility index (Phi) is 5.24. The molecule has 0 heterocycles. The lowest BCUT2D eigenvalue weighted by atomic mass is 10.0. The average molecular weight is 362 g/mol. The number of hydrogen-bond donors (Lipinski definition) is 1. The summed E-state index contributed by atoms with van der Waals surface area (Å²) in [6, 6.07) is 11.5. The van der Waals surface area contributed by atoms with Gasteiger partial charge in [0.15, 0.2) is 6.10 Å². The summed E-state index contributed by atoms with van der Waals surface area (Å²) in [7, 11) is 0. The summed E-state index contributed by atoms with van der Waals surface area (Å²) in [5, 5.41) is 2.96. The van der Waals surface area contributed by atoms with Crippen molar-refractivity contribution in [2.24, 2.45) is 0 Å². The zero-order valence-electron chi connectivity index (χ0n) is 13.2. The van der Waals surface area contributed by atoms with E-state index in [9.17, 15) is 4.79 Å². The molecule has 4 heteroatoms. The number of carbonyl (C=O) groups excluding carboxylic acids is 1. The van der Waals surface area contributed by atoms with Crippen LogP contribution in [0.5, 0.6) is 5.75 Å². The molecule has 2 aromatic carbocycles. The summed E-state index contributed by atoms with van der Waals surface area (Å²) < 4.78 is 6.65. The molecule has 0 fully saturated rings. The molecule has 1 atom stereocenters. The molecule has 0 aliphatic rings. The number of nitrogens with one attached hydrogen (secondary N) is 1. The molecule has 3 nitrogen and oxygen atoms in total. The van der Waals surface area contributed by atoms with Gasteiger partial charge < -0.3 is 10.1 Å². The van der Waals surface area contributed by atoms with Crippen LogP contribution in [0, 0.1) is 20.8 Å². The summed E-state index contributed by atoms with van der Waals surface area (Å²) in [5.41, 5.74) is 4.16. The van der Waals surface area contributed by atoms with Crippen LogP contribution in [0.25, 0.3) is 0 Å². The van der Waals surface area contributed by atoms with E-state index in [-0.39, 0.29) is 5.91 Å². The Morgan fingerprint density at radius 1 is 1.09 bits per heavy atom. The lowest BCUT2D eigenvalue weighted by Crippen LogP contribution is -2.30. The highest BCUT2D eigenvalue weighted by atomic mass is 79.9. The van der Waals surface area contributed by atoms with Gasteiger partial charge in [0.05, 0.1) is 0 Å². The van der Waals surface area contributed by atoms with E-state index in [4.69, 9.17) is 4.74 Å². The molecule has 1 N–H and O–H groups in total. The number of rotatable bonds is 4. The molecule has 2 aromatic rings. The number of halogens is 1. The highest BCUT2D eigenvalue weighted by Crippen LogP contribution is 2.23. The molecule has 0 saturated heterocycles. The van der Waals surface area contributed by atoms with Crippen molar-refractivity contribution in [2.45, 2.75) is 33.8 Å². The molecule has 0 bridgehead atoms. The van der Waals surface area contributed by atoms with Crippen molar-refractivity contribution in [3.05, 3.63) is 57.6 Å². The van der Waals surface area contributed by atoms with Gasteiger partial charge >= 0.3 is 0 Å². The first kappa shape index (κ1) is 16.6. The van der Waals surface area contributed by atoms with Crippen molar-refractivity contribution >= 4 is 27.5 Å². The first-order valence-electron chi connectivity index (χ1n) is 7.18. The zero-order chi connectivity index (χ0) is 16.3. The Hall–Kier alpha value is -1.81. The fourth-order valence-corrected chi connectivity index (χ4v) is 2.64. The number of anilines is 1. The van der Waals surface area contributed by atoms with Crippen LogP contribution in [0.4, 0.5) is 5.69 Å². The van der Waals surface area contributed by atoms with Crippen molar-refractivity contribution in [1.29, 1.82) is 0 Å². The van der Waals surface area contributed by atoms with E-state index >= 15 is 0 Å². The summed E-state index contributed by atoms with van der Waals surface area (Å²) >= 11 is 3.37. The quantitative estimate of drug-likeness (QED) is 0.850. The summed E-state index contributed by atoms with van der Waals surface area (Å²) in [4.78, 5) is 12.3. The minimum absolute atomic E-state index is 0.155. The van der Waals surface area contributed by atoms with Crippen LogP contribution in [-0.4, -0.2) is 12.0 Å². The topological polar surface area (TPSA) is 38.3 Å². The maximum atomic E-state index is 12.3. The van der Waals surface area contributed by atoms with Crippen molar-refractivity contribution in [1.82, 2.24) is 0 Å². The first-order chi connectivity index (χ1) is 10.4. The Morgan fingerprint density at radius 2 is 1.64 bits per heavy atom. The lowest BCUT2D eigenvalue weighted by molar-refractivity contribution is -0.122. The monoisotopic (exact) mass is 361 g/mol. The first-order valence-corrected chi connectivity index (χ1v) is 7.97. The smallest absolute Gasteiger partial charge is 0.265 e. The Labute approximate surface area is 139 Å². The van der Waals surface area contributed by atoms with E-state index < -0.39 is 6.10 Å². The van der Waals surface area contributed by atoms with Gasteiger partial charge in [0.25, 0.3) is 5.91 Å². The van der Waals surface area contributed by atoms with E-state index in [1.807, 2.05) is 45.0 Å². The van der Waals surface area contributed by atoms with Crippen LogP contribution in [0.3, 0.4) is 0 Å². The number of benzene rings is 2. The second-order valence-electron chi connectivity index (χ2n) is 5.48. The third-order valence-corrected chi connectivity index (χ3v) is 3.95. The highest BCUT2D eigenvalue weighted by Gasteiger charge is 2.16. The van der Waals surface area contributed by atoms with E-state index in [1.165, 1.54) is 5.56 Å². The minimum Gasteiger partial charge on any atom is -0.481 e. The van der Waals surface area contributed by atoms with Crippen molar-refractivity contribution in [3.8, 4) is 5.75 Å². The molecule has 0 radical (unpaired) electrons. The SMILES string of the molecule is Cc1cc(C)c(NC(=O)[C@@H](C)Oc2ccc(Br)cc2)c(C)c1. The molecule has 2 rings (SSSR count). The maximum Gasteiger partial charge on any atom is 0.265 e. The molecule has 22 heavy (non-hydrogen) atoms. The van der Waals surface area contributed by atoms with Crippen molar-refractivity contribution < 1.29 is 9.53 Å². The molecule has 0 aliphatic heterocycles. The molecule has 1 amide bonds. The summed E-state index contributed by atoms with van der Waals surface area (Å²) in [6.45, 7) is 7.78. The van der Waals surface area contributed by atoms with Crippen LogP contribution in [0.1, 0.15) is 23.6 Å². The van der Waals surface area contributed by atoms with Gasteiger partial charge in [-0.3, -0.25) is 4.79 Å². The maximum absolute atomic E-state index is 12.3. The Morgan fingerprint density at radius 3 is 2.18 bits per heavy atom. The normalized spacial score (nSPS) is 11.9. The average Bonchev–Trinajstić information content (AvgIpc) is 2.45. The van der Waals surface area contributed by atoms with Crippen LogP contribution in [0.15, 0.2) is 40.9 Å². The largest absolute Gasteiger partial charge is 0.481 e. The summed E-state index contributed by atoms with van der Waals surface area (Å²) in [6.07, 6.45) is -0.568. The van der Waals surface area contributed by atoms with Crippen molar-refractivity contribution in [3.63, 3.8) is 0 Å². The van der Waals surface area contributed by atoms with Gasteiger partial charge in [0, 0.05) is 10.2 Å². The van der Waals surface area contributed by atoms with Gasteiger partial charge in [0.1, 0.15) is 5.75 Å². The molecule has 0 aliphatic carbocycles. The molecule has 0 aromatic heterocycles. The van der Waals surface area contributed by atoms with E-state index in [1.54, 1.807) is 6.92 Å². The number of amides is 1. The van der Waals surface area contributed by atoms with Gasteiger partial charge in [-0.1, -0.05) is 33.6 Å². The third kappa shape index (κ3) is 4.10. The van der Waals surface area contributed by atoms with E-state index in [0.717, 1.165) is 21.3 Å². The van der Waals surface area contributed by atoms with Gasteiger partial charge in [-0.2, -0.15) is 0 Å². The standard InChI is InChI=1S/C18H20BrNO2/c1-11-9-12(2)17(13(3)10-11)20-18(21)14(4)22-16-7-5-15(19)6-8-16/h5-10,14H,1-4H3,(H,20,21)/t14-/m1/s1. The van der Waals surface area contributed by atoms with Crippen LogP contribution >= 0.6 is 15.9 Å². The zero-order valence-corrected chi connectivity index (χ0v) is 14.8. The second kappa shape index (κ2) is 6.97. The minimum atomic E-state index is -0.568. The number of ether oxygens (including phenoxy) is 1. The predicted octanol–water partition coefficient (Wildman–Crippen LogP) is 4.78. The lowest BCUT2D eigenvalue weighted by Gasteiger charge is -2.17. The number of carbonyl (C=O) groups is 1. The van der Waals surface area contributed by atoms with Gasteiger partial charge in [-0.05, 0) is 63.1 Å². The Balaban J connectivity index is 2.07. The third-order valence-electron chi connectivity index (χ3n) is 3.42. The van der Waals surface area contributed by atoms with Gasteiger partial charge in [-0.15, -0.1) is 0 Å². The highest BCUT2D eigenvalue weighted by molar-refractivity contribution is 9.10. The molecule has 0 unspecified atom stereocenters. The predicted molar refractivity (Wildman–Crippen MR) is 93.5 cm³/mol. The fraction of sp³-hybridized carbons (Fsp3) is 0.278. The number of aryl methyl sites for hydroxylation is 3. The number of hydrogen-bond acceptors (Lipinski definition) is 2. The van der Waals surface area contributed by atoms with E-state index in [0.29, 0.717) is 5.75 Å². The molecule has 0 saturated carbocycles. The van der Waals surface area contributed by atoms with Gasteiger partial charge in [-0.25, -0.2) is 0 Å². The van der Waals surface area contributed by atoms with Gasteiger partial charge in [0.2, 0.25) is 0 Å². The van der Waals surface area contributed by atoms with Crippen LogP contribution < -0.4 is 10.1 Å². The van der Waals surface area contributed by atoms with Crippen LogP contribution in [0.2, 0.25) is 0 Å². The van der Waals surface area contributed by atoms with Crippen molar-refractivity contribution in [2.75, 3.05) is 5.32 Å². The molecular weight excluding hydrogens is 342 g/mol. The fourth-order valence-electron chi connectivity index (χ4n) is 2.37. The molecular formula is C18H20BrNO2. The molecule has 0 spiro atoms. The summed E-state index contributed by atoms with van der Waals surface area (Å²) in [5.74, 6) is 0.515. The second-order valence-corrected chi connectivity index (χ2v) is 6.39. The van der Waals surface area contributed by atoms with Crippen LogP contribution in [-0.2, 0) is 4.79 Å².